The minimum atomic E-state index is 0.559. The van der Waals surface area contributed by atoms with Gasteiger partial charge in [0.05, 0.1) is 28.4 Å². The number of hydrogen-bond donors (Lipinski definition) is 0. The van der Waals surface area contributed by atoms with E-state index in [2.05, 4.69) is 89.5 Å². The lowest BCUT2D eigenvalue weighted by Crippen LogP contribution is -2.02. The highest BCUT2D eigenvalue weighted by atomic mass is 32.1. The van der Waals surface area contributed by atoms with Gasteiger partial charge in [0.25, 0.3) is 0 Å². The summed E-state index contributed by atoms with van der Waals surface area (Å²) >= 11 is 1.84. The van der Waals surface area contributed by atoms with E-state index in [1.807, 2.05) is 96.3 Å². The molecule has 0 fully saturated rings. The first kappa shape index (κ1) is 29.9. The predicted octanol–water partition coefficient (Wildman–Crippen LogP) is 11.9. The molecule has 0 bridgehead atoms. The molecule has 0 atom stereocenters. The average molecular weight is 682 g/mol. The van der Waals surface area contributed by atoms with E-state index >= 15 is 0 Å². The molecule has 0 N–H and O–H groups in total. The van der Waals surface area contributed by atoms with Crippen LogP contribution in [0.2, 0.25) is 0 Å². The summed E-state index contributed by atoms with van der Waals surface area (Å²) in [4.78, 5) is 15.0. The molecule has 6 heteroatoms. The molecule has 3 aromatic heterocycles. The molecular weight excluding hydrogens is 655 g/mol. The van der Waals surface area contributed by atoms with Crippen LogP contribution in [0.25, 0.3) is 93.0 Å². The molecule has 10 aromatic rings. The van der Waals surface area contributed by atoms with E-state index in [-0.39, 0.29) is 0 Å². The molecule has 0 aliphatic heterocycles. The van der Waals surface area contributed by atoms with Crippen LogP contribution in [0.3, 0.4) is 0 Å². The zero-order valence-electron chi connectivity index (χ0n) is 27.7. The third-order valence-electron chi connectivity index (χ3n) is 9.71. The summed E-state index contributed by atoms with van der Waals surface area (Å²) in [5, 5.41) is 15.3. The maximum Gasteiger partial charge on any atom is 0.164 e. The van der Waals surface area contributed by atoms with Gasteiger partial charge < -0.3 is 4.57 Å². The molecule has 52 heavy (non-hydrogen) atoms. The van der Waals surface area contributed by atoms with Gasteiger partial charge in [0.15, 0.2) is 17.5 Å². The van der Waals surface area contributed by atoms with Gasteiger partial charge in [-0.05, 0) is 42.5 Å². The van der Waals surface area contributed by atoms with Crippen LogP contribution in [0, 0.1) is 11.3 Å². The number of para-hydroxylation sites is 1. The largest absolute Gasteiger partial charge is 0.309 e. The van der Waals surface area contributed by atoms with Gasteiger partial charge >= 0.3 is 0 Å². The summed E-state index contributed by atoms with van der Waals surface area (Å²) in [7, 11) is 0. The summed E-state index contributed by atoms with van der Waals surface area (Å²) in [6.07, 6.45) is 0. The van der Waals surface area contributed by atoms with Crippen molar-refractivity contribution in [1.82, 2.24) is 19.5 Å². The molecular formula is C46H27N5S. The lowest BCUT2D eigenvalue weighted by molar-refractivity contribution is 1.07. The van der Waals surface area contributed by atoms with E-state index in [4.69, 9.17) is 15.0 Å². The van der Waals surface area contributed by atoms with Gasteiger partial charge in [-0.25, -0.2) is 15.0 Å². The normalized spacial score (nSPS) is 11.4. The van der Waals surface area contributed by atoms with E-state index in [0.29, 0.717) is 23.0 Å². The van der Waals surface area contributed by atoms with Gasteiger partial charge in [-0.3, -0.25) is 0 Å². The Bertz CT molecular complexity index is 2970. The molecule has 0 saturated heterocycles. The molecule has 0 aliphatic rings. The predicted molar refractivity (Wildman–Crippen MR) is 214 cm³/mol. The lowest BCUT2D eigenvalue weighted by atomic mass is 9.96. The third kappa shape index (κ3) is 4.79. The number of benzene rings is 7. The number of rotatable bonds is 5. The first-order valence-electron chi connectivity index (χ1n) is 17.1. The summed E-state index contributed by atoms with van der Waals surface area (Å²) < 4.78 is 4.90. The Hall–Kier alpha value is -6.94. The minimum absolute atomic E-state index is 0.559. The van der Waals surface area contributed by atoms with E-state index in [1.54, 1.807) is 0 Å². The molecule has 0 spiro atoms. The number of thiophene rings is 1. The third-order valence-corrected chi connectivity index (χ3v) is 10.9. The van der Waals surface area contributed by atoms with Crippen LogP contribution in [-0.2, 0) is 0 Å². The Balaban J connectivity index is 1.26. The number of fused-ring (bicyclic) bond motifs is 7. The fourth-order valence-electron chi connectivity index (χ4n) is 7.33. The van der Waals surface area contributed by atoms with E-state index in [1.165, 1.54) is 30.9 Å². The van der Waals surface area contributed by atoms with Gasteiger partial charge in [0, 0.05) is 58.8 Å². The number of nitriles is 1. The zero-order chi connectivity index (χ0) is 34.6. The highest BCUT2D eigenvalue weighted by Gasteiger charge is 2.22. The maximum atomic E-state index is 10.4. The van der Waals surface area contributed by atoms with Gasteiger partial charge in [0.2, 0.25) is 0 Å². The second kappa shape index (κ2) is 12.1. The number of aromatic nitrogens is 4. The zero-order valence-corrected chi connectivity index (χ0v) is 28.5. The Morgan fingerprint density at radius 1 is 0.481 bits per heavy atom. The van der Waals surface area contributed by atoms with Crippen LogP contribution in [0.5, 0.6) is 0 Å². The van der Waals surface area contributed by atoms with E-state index < -0.39 is 0 Å². The van der Waals surface area contributed by atoms with Gasteiger partial charge in [-0.2, -0.15) is 5.26 Å². The molecule has 0 aliphatic carbocycles. The first-order chi connectivity index (χ1) is 25.7. The topological polar surface area (TPSA) is 67.4 Å². The van der Waals surface area contributed by atoms with Crippen LogP contribution >= 0.6 is 11.3 Å². The summed E-state index contributed by atoms with van der Waals surface area (Å²) in [5.74, 6) is 1.76. The Kier molecular flexibility index (Phi) is 6.98. The summed E-state index contributed by atoms with van der Waals surface area (Å²) in [5.41, 5.74) is 8.19. The van der Waals surface area contributed by atoms with Crippen molar-refractivity contribution >= 4 is 53.3 Å². The quantitative estimate of drug-likeness (QED) is 0.181. The molecule has 0 amide bonds. The van der Waals surface area contributed by atoms with Crippen molar-refractivity contribution in [2.45, 2.75) is 0 Å². The highest BCUT2D eigenvalue weighted by molar-refractivity contribution is 7.26. The van der Waals surface area contributed by atoms with Crippen LogP contribution in [0.1, 0.15) is 5.56 Å². The van der Waals surface area contributed by atoms with Crippen molar-refractivity contribution < 1.29 is 0 Å². The second-order valence-corrected chi connectivity index (χ2v) is 13.8. The molecule has 242 valence electrons. The monoisotopic (exact) mass is 681 g/mol. The van der Waals surface area contributed by atoms with Crippen molar-refractivity contribution in [3.8, 4) is 57.0 Å². The Morgan fingerprint density at radius 2 is 1.10 bits per heavy atom. The molecule has 5 nitrogen and oxygen atoms in total. The van der Waals surface area contributed by atoms with Crippen molar-refractivity contribution in [2.75, 3.05) is 0 Å². The molecule has 7 aromatic carbocycles. The van der Waals surface area contributed by atoms with E-state index in [0.717, 1.165) is 44.5 Å². The lowest BCUT2D eigenvalue weighted by Gasteiger charge is -2.17. The Morgan fingerprint density at radius 3 is 1.83 bits per heavy atom. The molecule has 0 saturated carbocycles. The van der Waals surface area contributed by atoms with E-state index in [9.17, 15) is 5.26 Å². The SMILES string of the molecule is N#Cc1ccccc1-c1cc(-c2nc(-c3ccccc3)nc(-c3ccccc3)n2)ccc1-n1c2ccccc2c2c3sc4ccccc4c3ccc21. The smallest absolute Gasteiger partial charge is 0.164 e. The second-order valence-electron chi connectivity index (χ2n) is 12.7. The minimum Gasteiger partial charge on any atom is -0.309 e. The van der Waals surface area contributed by atoms with Crippen LogP contribution in [0.15, 0.2) is 164 Å². The number of hydrogen-bond acceptors (Lipinski definition) is 5. The summed E-state index contributed by atoms with van der Waals surface area (Å²) in [6.45, 7) is 0. The summed E-state index contributed by atoms with van der Waals surface area (Å²) in [6, 6.07) is 58.4. The first-order valence-corrected chi connectivity index (χ1v) is 17.9. The molecule has 3 heterocycles. The van der Waals surface area contributed by atoms with Crippen molar-refractivity contribution in [3.05, 3.63) is 169 Å². The van der Waals surface area contributed by atoms with Crippen molar-refractivity contribution in [2.24, 2.45) is 0 Å². The molecule has 10 rings (SSSR count). The average Bonchev–Trinajstić information content (AvgIpc) is 3.77. The standard InChI is InChI=1S/C46H27N5S/c47-28-32-17-7-8-18-33(32)37-27-31(46-49-44(29-13-3-1-4-14-29)48-45(50-46)30-15-5-2-6-16-30)23-25-39(37)51-38-21-11-9-20-36(38)42-40(51)26-24-35-34-19-10-12-22-41(34)52-43(35)42/h1-27H. The molecule has 0 unspecified atom stereocenters. The van der Waals surface area contributed by atoms with Crippen LogP contribution in [0.4, 0.5) is 0 Å². The number of nitrogens with zero attached hydrogens (tertiary/aromatic N) is 5. The van der Waals surface area contributed by atoms with Crippen molar-refractivity contribution in [1.29, 1.82) is 5.26 Å². The molecule has 0 radical (unpaired) electrons. The van der Waals surface area contributed by atoms with Gasteiger partial charge in [-0.1, -0.05) is 121 Å². The van der Waals surface area contributed by atoms with Crippen LogP contribution < -0.4 is 0 Å². The van der Waals surface area contributed by atoms with Crippen LogP contribution in [-0.4, -0.2) is 19.5 Å². The fourth-order valence-corrected chi connectivity index (χ4v) is 8.59. The fraction of sp³-hybridized carbons (Fsp3) is 0. The van der Waals surface area contributed by atoms with Gasteiger partial charge in [0.1, 0.15) is 0 Å². The Labute approximate surface area is 303 Å². The highest BCUT2D eigenvalue weighted by Crippen LogP contribution is 2.45. The van der Waals surface area contributed by atoms with Crippen molar-refractivity contribution in [3.63, 3.8) is 0 Å². The van der Waals surface area contributed by atoms with Gasteiger partial charge in [-0.15, -0.1) is 11.3 Å². The maximum absolute atomic E-state index is 10.4.